The molecule has 0 radical (unpaired) electrons. The molecule has 0 aliphatic heterocycles. The van der Waals surface area contributed by atoms with Gasteiger partial charge in [-0.1, -0.05) is 24.6 Å². The van der Waals surface area contributed by atoms with Crippen LogP contribution in [0.3, 0.4) is 0 Å². The first kappa shape index (κ1) is 19.6. The summed E-state index contributed by atoms with van der Waals surface area (Å²) in [7, 11) is 0. The van der Waals surface area contributed by atoms with Crippen LogP contribution in [-0.2, 0) is 16.8 Å². The Kier molecular flexibility index (Phi) is 4.91. The summed E-state index contributed by atoms with van der Waals surface area (Å²) in [6.45, 7) is 8.64. The number of carbonyl (C=O) groups is 1. The van der Waals surface area contributed by atoms with Gasteiger partial charge >= 0.3 is 5.97 Å². The maximum absolute atomic E-state index is 13.4. The maximum Gasteiger partial charge on any atom is 0.329 e. The Morgan fingerprint density at radius 2 is 2.00 bits per heavy atom. The van der Waals surface area contributed by atoms with Gasteiger partial charge in [-0.3, -0.25) is 9.36 Å². The van der Waals surface area contributed by atoms with Crippen LogP contribution in [0.4, 0.5) is 0 Å². The van der Waals surface area contributed by atoms with Gasteiger partial charge in [-0.2, -0.15) is 0 Å². The molecule has 2 heterocycles. The second kappa shape index (κ2) is 6.77. The molecule has 5 nitrogen and oxygen atoms in total. The first-order valence-corrected chi connectivity index (χ1v) is 9.84. The van der Waals surface area contributed by atoms with Crippen molar-refractivity contribution in [2.75, 3.05) is 0 Å². The van der Waals surface area contributed by atoms with Crippen LogP contribution in [-0.4, -0.2) is 20.6 Å². The van der Waals surface area contributed by atoms with Crippen molar-refractivity contribution in [3.05, 3.63) is 49.8 Å². The number of fused-ring (bicyclic) bond motifs is 1. The number of benzene rings is 1. The quantitative estimate of drug-likeness (QED) is 0.679. The highest BCUT2D eigenvalue weighted by molar-refractivity contribution is 7.19. The van der Waals surface area contributed by atoms with Crippen molar-refractivity contribution < 1.29 is 9.90 Å². The van der Waals surface area contributed by atoms with E-state index in [2.05, 4.69) is 4.98 Å². The minimum Gasteiger partial charge on any atom is -0.480 e. The Balaban J connectivity index is 2.46. The number of nitrogens with zero attached hydrogens (tertiary/aromatic N) is 2. The van der Waals surface area contributed by atoms with E-state index in [1.54, 1.807) is 6.92 Å². The van der Waals surface area contributed by atoms with Crippen LogP contribution in [0.2, 0.25) is 5.02 Å². The van der Waals surface area contributed by atoms with E-state index < -0.39 is 11.5 Å². The van der Waals surface area contributed by atoms with Crippen molar-refractivity contribution in [2.45, 2.75) is 46.6 Å². The van der Waals surface area contributed by atoms with E-state index in [9.17, 15) is 14.7 Å². The zero-order valence-corrected chi connectivity index (χ0v) is 17.5. The van der Waals surface area contributed by atoms with E-state index in [0.29, 0.717) is 21.1 Å². The third kappa shape index (κ3) is 3.07. The Hall–Kier alpha value is -2.18. The van der Waals surface area contributed by atoms with Crippen molar-refractivity contribution in [2.24, 2.45) is 0 Å². The van der Waals surface area contributed by atoms with Gasteiger partial charge in [0.2, 0.25) is 0 Å². The molecule has 1 aromatic carbocycles. The van der Waals surface area contributed by atoms with Crippen molar-refractivity contribution in [3.63, 3.8) is 0 Å². The lowest BCUT2D eigenvalue weighted by Gasteiger charge is -2.24. The van der Waals surface area contributed by atoms with E-state index >= 15 is 0 Å². The average Bonchev–Trinajstić information content (AvgIpc) is 2.95. The molecule has 0 bridgehead atoms. The van der Waals surface area contributed by atoms with Gasteiger partial charge in [-0.15, -0.1) is 11.3 Å². The van der Waals surface area contributed by atoms with Crippen LogP contribution in [0.1, 0.15) is 37.0 Å². The number of aromatic nitrogens is 2. The predicted molar refractivity (Wildman–Crippen MR) is 110 cm³/mol. The van der Waals surface area contributed by atoms with Gasteiger partial charge in [0.15, 0.2) is 0 Å². The molecule has 142 valence electrons. The Morgan fingerprint density at radius 3 is 2.56 bits per heavy atom. The summed E-state index contributed by atoms with van der Waals surface area (Å²) >= 11 is 7.65. The summed E-state index contributed by atoms with van der Waals surface area (Å²) in [5.74, 6) is -0.689. The third-order valence-electron chi connectivity index (χ3n) is 4.82. The summed E-state index contributed by atoms with van der Waals surface area (Å²) < 4.78 is 1.27. The largest absolute Gasteiger partial charge is 0.480 e. The van der Waals surface area contributed by atoms with Crippen LogP contribution < -0.4 is 5.56 Å². The molecule has 0 aliphatic rings. The summed E-state index contributed by atoms with van der Waals surface area (Å²) in [6, 6.07) is 5.66. The summed E-state index contributed by atoms with van der Waals surface area (Å²) in [5, 5.41) is 10.8. The van der Waals surface area contributed by atoms with E-state index in [0.717, 1.165) is 28.0 Å². The molecule has 0 spiro atoms. The highest BCUT2D eigenvalue weighted by Gasteiger charge is 2.34. The van der Waals surface area contributed by atoms with Gasteiger partial charge < -0.3 is 5.11 Å². The molecule has 7 heteroatoms. The van der Waals surface area contributed by atoms with Crippen LogP contribution in [0.25, 0.3) is 21.3 Å². The number of hydrogen-bond acceptors (Lipinski definition) is 4. The van der Waals surface area contributed by atoms with Gasteiger partial charge in [-0.05, 0) is 57.4 Å². The minimum absolute atomic E-state index is 0.330. The fourth-order valence-electron chi connectivity index (χ4n) is 3.31. The highest BCUT2D eigenvalue weighted by atomic mass is 35.5. The first-order chi connectivity index (χ1) is 12.6. The fourth-order valence-corrected chi connectivity index (χ4v) is 4.59. The van der Waals surface area contributed by atoms with Crippen LogP contribution in [0, 0.1) is 13.8 Å². The van der Waals surface area contributed by atoms with Crippen LogP contribution >= 0.6 is 22.9 Å². The second-order valence-corrected chi connectivity index (χ2v) is 8.55. The van der Waals surface area contributed by atoms with E-state index in [4.69, 9.17) is 11.6 Å². The lowest BCUT2D eigenvalue weighted by atomic mass is 9.99. The molecule has 0 saturated heterocycles. The molecule has 1 N–H and O–H groups in total. The zero-order valence-electron chi connectivity index (χ0n) is 15.9. The topological polar surface area (TPSA) is 72.2 Å². The molecular weight excluding hydrogens is 384 g/mol. The lowest BCUT2D eigenvalue weighted by Crippen LogP contribution is -2.44. The number of halogens is 1. The van der Waals surface area contributed by atoms with Gasteiger partial charge in [0, 0.05) is 15.5 Å². The number of thiophene rings is 1. The SMILES string of the molecule is CCc1sc2nc(C)n(C(C)(C)C(=O)O)c(=O)c2c1-c1ccc(Cl)c(C)c1. The molecule has 0 unspecified atom stereocenters. The predicted octanol–water partition coefficient (Wildman–Crippen LogP) is 4.78. The molecule has 27 heavy (non-hydrogen) atoms. The maximum atomic E-state index is 13.4. The van der Waals surface area contributed by atoms with Crippen LogP contribution in [0.15, 0.2) is 23.0 Å². The third-order valence-corrected chi connectivity index (χ3v) is 6.47. The van der Waals surface area contributed by atoms with Gasteiger partial charge in [0.1, 0.15) is 16.2 Å². The van der Waals surface area contributed by atoms with E-state index in [1.165, 1.54) is 29.8 Å². The molecule has 0 amide bonds. The number of rotatable bonds is 4. The molecule has 0 aliphatic carbocycles. The standard InChI is InChI=1S/C20H21ClN2O3S/c1-6-14-15(12-7-8-13(21)10(2)9-12)16-17(27-14)22-11(3)23(18(16)24)20(4,5)19(25)26/h7-9H,6H2,1-5H3,(H,25,26). The van der Waals surface area contributed by atoms with Crippen LogP contribution in [0.5, 0.6) is 0 Å². The molecule has 0 fully saturated rings. The summed E-state index contributed by atoms with van der Waals surface area (Å²) in [5.41, 5.74) is 0.904. The molecule has 2 aromatic heterocycles. The van der Waals surface area contributed by atoms with Crippen molar-refractivity contribution in [3.8, 4) is 11.1 Å². The Bertz CT molecular complexity index is 1130. The van der Waals surface area contributed by atoms with Crippen molar-refractivity contribution in [1.82, 2.24) is 9.55 Å². The number of aryl methyl sites for hydroxylation is 3. The molecule has 3 rings (SSSR count). The minimum atomic E-state index is -1.40. The zero-order chi connectivity index (χ0) is 20.1. The molecule has 0 saturated carbocycles. The number of aliphatic carboxylic acids is 1. The number of hydrogen-bond donors (Lipinski definition) is 1. The first-order valence-electron chi connectivity index (χ1n) is 8.65. The summed E-state index contributed by atoms with van der Waals surface area (Å²) in [4.78, 5) is 31.4. The number of carboxylic acids is 1. The van der Waals surface area contributed by atoms with Crippen molar-refractivity contribution in [1.29, 1.82) is 0 Å². The normalized spacial score (nSPS) is 11.9. The second-order valence-electron chi connectivity index (χ2n) is 7.06. The van der Waals surface area contributed by atoms with Gasteiger partial charge in [0.25, 0.3) is 5.56 Å². The Labute approximate surface area is 166 Å². The molecular formula is C20H21ClN2O3S. The molecule has 0 atom stereocenters. The monoisotopic (exact) mass is 404 g/mol. The van der Waals surface area contributed by atoms with Gasteiger partial charge in [0.05, 0.1) is 5.39 Å². The van der Waals surface area contributed by atoms with Gasteiger partial charge in [-0.25, -0.2) is 9.78 Å². The smallest absolute Gasteiger partial charge is 0.329 e. The van der Waals surface area contributed by atoms with Crippen molar-refractivity contribution >= 4 is 39.1 Å². The lowest BCUT2D eigenvalue weighted by molar-refractivity contribution is -0.145. The summed E-state index contributed by atoms with van der Waals surface area (Å²) in [6.07, 6.45) is 0.749. The molecule has 3 aromatic rings. The highest BCUT2D eigenvalue weighted by Crippen LogP contribution is 2.38. The van der Waals surface area contributed by atoms with E-state index in [1.807, 2.05) is 32.0 Å². The number of carboxylic acid groups (broad SMARTS) is 1. The Morgan fingerprint density at radius 1 is 1.33 bits per heavy atom. The fraction of sp³-hybridized carbons (Fsp3) is 0.350. The average molecular weight is 405 g/mol. The van der Waals surface area contributed by atoms with E-state index in [-0.39, 0.29) is 5.56 Å².